The lowest BCUT2D eigenvalue weighted by Crippen LogP contribution is -2.51. The van der Waals surface area contributed by atoms with E-state index in [9.17, 15) is 39.0 Å². The lowest BCUT2D eigenvalue weighted by molar-refractivity contribution is -0.145. The third-order valence-electron chi connectivity index (χ3n) is 13.1. The lowest BCUT2D eigenvalue weighted by Gasteiger charge is -2.31. The highest BCUT2D eigenvalue weighted by Gasteiger charge is 2.37. The van der Waals surface area contributed by atoms with Crippen LogP contribution in [0.1, 0.15) is 240 Å². The molecule has 384 valence electrons. The van der Waals surface area contributed by atoms with Crippen LogP contribution in [0.4, 0.5) is 0 Å². The molecule has 0 aliphatic heterocycles. The SMILES string of the molecule is CCCCCCCCCCCCCCCCCCOC(=O)/C=C/C(=O)N[C@@H](CCCC(/C(C(=O)O)=C(\C(=O)O)C(=O)OCC)C1C=CCCC1)[C@@H](CCCCCCCCCCCC)NC(C)=O. The number of carboxylic acids is 2. The number of aliphatic carboxylic acids is 2. The van der Waals surface area contributed by atoms with Crippen LogP contribution in [-0.4, -0.2) is 71.2 Å². The molecule has 0 saturated heterocycles. The fourth-order valence-electron chi connectivity index (χ4n) is 9.38. The first-order valence-corrected chi connectivity index (χ1v) is 26.9. The fraction of sp³-hybridized carbons (Fsp3) is 0.782. The average Bonchev–Trinajstić information content (AvgIpc) is 3.30. The summed E-state index contributed by atoms with van der Waals surface area (Å²) >= 11 is 0. The minimum atomic E-state index is -1.66. The number of rotatable bonds is 43. The van der Waals surface area contributed by atoms with Crippen LogP contribution >= 0.6 is 0 Å². The predicted molar refractivity (Wildman–Crippen MR) is 268 cm³/mol. The van der Waals surface area contributed by atoms with Crippen molar-refractivity contribution in [2.24, 2.45) is 11.8 Å². The van der Waals surface area contributed by atoms with Gasteiger partial charge in [0.25, 0.3) is 0 Å². The number of hydrogen-bond donors (Lipinski definition) is 4. The van der Waals surface area contributed by atoms with E-state index >= 15 is 0 Å². The van der Waals surface area contributed by atoms with Gasteiger partial charge in [-0.3, -0.25) is 9.59 Å². The van der Waals surface area contributed by atoms with E-state index in [-0.39, 0.29) is 31.5 Å². The Balaban J connectivity index is 2.93. The van der Waals surface area contributed by atoms with Gasteiger partial charge in [-0.2, -0.15) is 0 Å². The van der Waals surface area contributed by atoms with Crippen molar-refractivity contribution in [2.75, 3.05) is 13.2 Å². The highest BCUT2D eigenvalue weighted by Crippen LogP contribution is 2.36. The molecule has 0 saturated carbocycles. The van der Waals surface area contributed by atoms with Crippen LogP contribution in [0.15, 0.2) is 35.5 Å². The first kappa shape index (κ1) is 61.1. The molecule has 0 radical (unpaired) electrons. The standard InChI is InChI=1S/C55H94N2O10/c1-5-8-10-12-14-16-18-19-20-21-22-23-25-27-29-34-43-67-50(60)42-41-49(59)57-48(47(56-44(4)58)39-33-28-26-24-17-15-13-11-9-6-2)40-35-38-46(45-36-31-30-32-37-45)51(53(61)62)52(54(63)64)55(65)66-7-3/h31,36,41-42,45-48H,5-30,32-35,37-40,43H2,1-4H3,(H,56,58)(H,57,59)(H,61,62)(H,63,64)/b42-41+,52-51-/t45?,46?,47-,48+/m1/s1. The summed E-state index contributed by atoms with van der Waals surface area (Å²) in [5, 5.41) is 26.6. The summed E-state index contributed by atoms with van der Waals surface area (Å²) in [7, 11) is 0. The summed E-state index contributed by atoms with van der Waals surface area (Å²) in [5.41, 5.74) is -1.38. The lowest BCUT2D eigenvalue weighted by atomic mass is 9.75. The van der Waals surface area contributed by atoms with E-state index < -0.39 is 58.9 Å². The maximum absolute atomic E-state index is 13.4. The third-order valence-corrected chi connectivity index (χ3v) is 13.1. The van der Waals surface area contributed by atoms with Gasteiger partial charge in [0.15, 0.2) is 5.57 Å². The molecule has 0 spiro atoms. The summed E-state index contributed by atoms with van der Waals surface area (Å²) in [5.74, 6) is -6.91. The molecule has 67 heavy (non-hydrogen) atoms. The van der Waals surface area contributed by atoms with E-state index in [0.717, 1.165) is 69.9 Å². The van der Waals surface area contributed by atoms with Gasteiger partial charge in [0.2, 0.25) is 11.8 Å². The van der Waals surface area contributed by atoms with Crippen LogP contribution in [0.25, 0.3) is 0 Å². The second-order valence-corrected chi connectivity index (χ2v) is 18.9. The Hall–Kier alpha value is -3.96. The van der Waals surface area contributed by atoms with E-state index in [1.54, 1.807) is 0 Å². The number of esters is 2. The Kier molecular flexibility index (Phi) is 37.4. The molecular weight excluding hydrogens is 849 g/mol. The van der Waals surface area contributed by atoms with Crippen LogP contribution in [0.5, 0.6) is 0 Å². The van der Waals surface area contributed by atoms with Crippen LogP contribution < -0.4 is 10.6 Å². The van der Waals surface area contributed by atoms with Crippen LogP contribution in [0.2, 0.25) is 0 Å². The van der Waals surface area contributed by atoms with Gasteiger partial charge in [-0.25, -0.2) is 19.2 Å². The van der Waals surface area contributed by atoms with Crippen LogP contribution in [-0.2, 0) is 38.2 Å². The first-order chi connectivity index (χ1) is 32.5. The molecule has 1 rings (SSSR count). The molecule has 0 bridgehead atoms. The molecule has 12 nitrogen and oxygen atoms in total. The zero-order valence-corrected chi connectivity index (χ0v) is 42.5. The molecular formula is C55H94N2O10. The summed E-state index contributed by atoms with van der Waals surface area (Å²) in [4.78, 5) is 76.7. The zero-order valence-electron chi connectivity index (χ0n) is 42.5. The molecule has 0 aromatic carbocycles. The van der Waals surface area contributed by atoms with Crippen LogP contribution in [0.3, 0.4) is 0 Å². The monoisotopic (exact) mass is 943 g/mol. The Bertz CT molecular complexity index is 1470. The van der Waals surface area contributed by atoms with Crippen molar-refractivity contribution in [1.29, 1.82) is 0 Å². The highest BCUT2D eigenvalue weighted by molar-refractivity contribution is 6.18. The zero-order chi connectivity index (χ0) is 49.3. The molecule has 0 aromatic heterocycles. The number of unbranched alkanes of at least 4 members (excludes halogenated alkanes) is 24. The molecule has 0 heterocycles. The minimum absolute atomic E-state index is 0.118. The molecule has 12 heteroatoms. The number of hydrogen-bond acceptors (Lipinski definition) is 8. The first-order valence-electron chi connectivity index (χ1n) is 26.9. The molecule has 2 amide bonds. The van der Waals surface area contributed by atoms with Crippen molar-refractivity contribution in [3.05, 3.63) is 35.5 Å². The van der Waals surface area contributed by atoms with Crippen molar-refractivity contribution in [3.8, 4) is 0 Å². The number of ether oxygens (including phenoxy) is 2. The number of amides is 2. The van der Waals surface area contributed by atoms with E-state index in [2.05, 4.69) is 24.5 Å². The predicted octanol–water partition coefficient (Wildman–Crippen LogP) is 12.8. The Morgan fingerprint density at radius 2 is 1.06 bits per heavy atom. The number of carbonyl (C=O) groups excluding carboxylic acids is 4. The second kappa shape index (κ2) is 41.1. The largest absolute Gasteiger partial charge is 0.478 e. The topological polar surface area (TPSA) is 185 Å². The summed E-state index contributed by atoms with van der Waals surface area (Å²) in [6, 6.07) is -1.05. The minimum Gasteiger partial charge on any atom is -0.478 e. The number of allylic oxidation sites excluding steroid dienone is 2. The molecule has 4 atom stereocenters. The fourth-order valence-corrected chi connectivity index (χ4v) is 9.38. The highest BCUT2D eigenvalue weighted by atomic mass is 16.5. The van der Waals surface area contributed by atoms with Gasteiger partial charge < -0.3 is 30.3 Å². The molecule has 2 unspecified atom stereocenters. The number of nitrogens with one attached hydrogen (secondary N) is 2. The van der Waals surface area contributed by atoms with Gasteiger partial charge in [-0.05, 0) is 63.7 Å². The molecule has 0 aromatic rings. The normalized spacial score (nSPS) is 15.4. The van der Waals surface area contributed by atoms with E-state index in [1.165, 1.54) is 136 Å². The second-order valence-electron chi connectivity index (χ2n) is 18.9. The van der Waals surface area contributed by atoms with Crippen molar-refractivity contribution in [1.82, 2.24) is 10.6 Å². The molecule has 1 aliphatic carbocycles. The van der Waals surface area contributed by atoms with Crippen molar-refractivity contribution >= 4 is 35.7 Å². The van der Waals surface area contributed by atoms with Gasteiger partial charge in [0.1, 0.15) is 0 Å². The Morgan fingerprint density at radius 3 is 1.51 bits per heavy atom. The van der Waals surface area contributed by atoms with E-state index in [0.29, 0.717) is 25.7 Å². The van der Waals surface area contributed by atoms with Crippen molar-refractivity contribution in [3.63, 3.8) is 0 Å². The van der Waals surface area contributed by atoms with Gasteiger partial charge >= 0.3 is 23.9 Å². The Labute approximate surface area is 405 Å². The van der Waals surface area contributed by atoms with Crippen molar-refractivity contribution < 1.29 is 48.5 Å². The number of carbonyl (C=O) groups is 6. The summed E-state index contributed by atoms with van der Waals surface area (Å²) < 4.78 is 10.4. The quantitative estimate of drug-likeness (QED) is 0.0114. The molecule has 0 fully saturated rings. The van der Waals surface area contributed by atoms with Gasteiger partial charge in [0.05, 0.1) is 18.8 Å². The summed E-state index contributed by atoms with van der Waals surface area (Å²) in [6.45, 7) is 7.58. The van der Waals surface area contributed by atoms with Gasteiger partial charge in [-0.15, -0.1) is 0 Å². The molecule has 1 aliphatic rings. The van der Waals surface area contributed by atoms with Crippen LogP contribution in [0, 0.1) is 11.8 Å². The maximum Gasteiger partial charge on any atom is 0.346 e. The third kappa shape index (κ3) is 30.9. The van der Waals surface area contributed by atoms with Gasteiger partial charge in [0, 0.05) is 31.2 Å². The van der Waals surface area contributed by atoms with E-state index in [1.807, 2.05) is 12.2 Å². The summed E-state index contributed by atoms with van der Waals surface area (Å²) in [6.07, 6.45) is 41.2. The molecule has 4 N–H and O–H groups in total. The average molecular weight is 943 g/mol. The van der Waals surface area contributed by atoms with Crippen molar-refractivity contribution in [2.45, 2.75) is 252 Å². The van der Waals surface area contributed by atoms with E-state index in [4.69, 9.17) is 9.47 Å². The maximum atomic E-state index is 13.4. The van der Waals surface area contributed by atoms with Gasteiger partial charge in [-0.1, -0.05) is 193 Å². The number of carboxylic acid groups (broad SMARTS) is 2. The smallest absolute Gasteiger partial charge is 0.346 e. The Morgan fingerprint density at radius 1 is 0.582 bits per heavy atom.